The van der Waals surface area contributed by atoms with Crippen molar-refractivity contribution in [3.05, 3.63) is 48.4 Å². The molecule has 0 saturated carbocycles. The highest BCUT2D eigenvalue weighted by molar-refractivity contribution is 5.77. The van der Waals surface area contributed by atoms with Crippen LogP contribution in [0.5, 0.6) is 5.75 Å². The number of piperazine rings is 1. The molecule has 25 heavy (non-hydrogen) atoms. The number of nitrogens with two attached hydrogens (primary N) is 1. The van der Waals surface area contributed by atoms with E-state index in [2.05, 4.69) is 11.0 Å². The second kappa shape index (κ2) is 8.07. The van der Waals surface area contributed by atoms with Gasteiger partial charge in [0, 0.05) is 26.2 Å². The van der Waals surface area contributed by atoms with Crippen molar-refractivity contribution in [3.63, 3.8) is 0 Å². The first kappa shape index (κ1) is 17.4. The number of carbonyl (C=O) groups is 1. The molecule has 1 amide bonds. The van der Waals surface area contributed by atoms with E-state index >= 15 is 0 Å². The number of amides is 1. The summed E-state index contributed by atoms with van der Waals surface area (Å²) in [5, 5.41) is 2.02. The SMILES string of the molecule is COc1ccccc1N1CCN(C(=O)C[NH2+][C@H](C)c2ccco2)CC1. The van der Waals surface area contributed by atoms with Gasteiger partial charge >= 0.3 is 0 Å². The van der Waals surface area contributed by atoms with Crippen molar-refractivity contribution in [2.75, 3.05) is 44.7 Å². The van der Waals surface area contributed by atoms with Crippen LogP contribution in [0.25, 0.3) is 0 Å². The Kier molecular flexibility index (Phi) is 5.60. The van der Waals surface area contributed by atoms with Crippen LogP contribution in [0.3, 0.4) is 0 Å². The van der Waals surface area contributed by atoms with Gasteiger partial charge in [0.05, 0.1) is 19.1 Å². The summed E-state index contributed by atoms with van der Waals surface area (Å²) in [5.41, 5.74) is 1.09. The Bertz CT molecular complexity index is 679. The summed E-state index contributed by atoms with van der Waals surface area (Å²) in [6.45, 7) is 5.60. The molecule has 1 aliphatic rings. The Morgan fingerprint density at radius 2 is 1.96 bits per heavy atom. The largest absolute Gasteiger partial charge is 0.495 e. The Labute approximate surface area is 148 Å². The van der Waals surface area contributed by atoms with Crippen LogP contribution in [0.4, 0.5) is 5.69 Å². The van der Waals surface area contributed by atoms with E-state index < -0.39 is 0 Å². The molecule has 1 aliphatic heterocycles. The predicted octanol–water partition coefficient (Wildman–Crippen LogP) is 1.26. The number of hydrogen-bond donors (Lipinski definition) is 1. The third-order valence-electron chi connectivity index (χ3n) is 4.70. The first-order valence-electron chi connectivity index (χ1n) is 8.71. The van der Waals surface area contributed by atoms with Gasteiger partial charge in [-0.25, -0.2) is 0 Å². The monoisotopic (exact) mass is 344 g/mol. The van der Waals surface area contributed by atoms with Crippen molar-refractivity contribution in [2.45, 2.75) is 13.0 Å². The molecule has 2 aromatic rings. The summed E-state index contributed by atoms with van der Waals surface area (Å²) in [7, 11) is 1.69. The summed E-state index contributed by atoms with van der Waals surface area (Å²) < 4.78 is 10.8. The Balaban J connectivity index is 1.49. The molecule has 1 fully saturated rings. The Morgan fingerprint density at radius 1 is 1.20 bits per heavy atom. The Morgan fingerprint density at radius 3 is 2.64 bits per heavy atom. The van der Waals surface area contributed by atoms with Crippen LogP contribution in [-0.4, -0.2) is 50.6 Å². The van der Waals surface area contributed by atoms with E-state index in [0.717, 1.165) is 43.4 Å². The fourth-order valence-corrected chi connectivity index (χ4v) is 3.16. The Hall–Kier alpha value is -2.47. The summed E-state index contributed by atoms with van der Waals surface area (Å²) >= 11 is 0. The van der Waals surface area contributed by atoms with Crippen LogP contribution in [0.1, 0.15) is 18.7 Å². The number of carbonyl (C=O) groups excluding carboxylic acids is 1. The third kappa shape index (κ3) is 4.14. The molecule has 6 nitrogen and oxygen atoms in total. The molecule has 0 spiro atoms. The number of ether oxygens (including phenoxy) is 1. The normalized spacial score (nSPS) is 15.9. The van der Waals surface area contributed by atoms with E-state index in [9.17, 15) is 4.79 Å². The number of para-hydroxylation sites is 2. The number of methoxy groups -OCH3 is 1. The molecule has 2 heterocycles. The van der Waals surface area contributed by atoms with Crippen molar-refractivity contribution in [3.8, 4) is 5.75 Å². The number of nitrogens with zero attached hydrogens (tertiary/aromatic N) is 2. The van der Waals surface area contributed by atoms with E-state index in [1.807, 2.05) is 47.5 Å². The summed E-state index contributed by atoms with van der Waals surface area (Å²) in [5.74, 6) is 1.95. The lowest BCUT2D eigenvalue weighted by Crippen LogP contribution is -2.87. The van der Waals surface area contributed by atoms with Gasteiger partial charge in [-0.3, -0.25) is 4.79 Å². The van der Waals surface area contributed by atoms with E-state index in [1.165, 1.54) is 0 Å². The molecule has 6 heteroatoms. The van der Waals surface area contributed by atoms with Gasteiger partial charge < -0.3 is 24.3 Å². The van der Waals surface area contributed by atoms with Crippen LogP contribution in [0, 0.1) is 0 Å². The molecule has 1 atom stereocenters. The van der Waals surface area contributed by atoms with Crippen LogP contribution in [0.2, 0.25) is 0 Å². The number of anilines is 1. The lowest BCUT2D eigenvalue weighted by Gasteiger charge is -2.36. The fraction of sp³-hybridized carbons (Fsp3) is 0.421. The topological polar surface area (TPSA) is 62.5 Å². The van der Waals surface area contributed by atoms with Crippen molar-refractivity contribution in [1.29, 1.82) is 0 Å². The maximum atomic E-state index is 12.5. The lowest BCUT2D eigenvalue weighted by atomic mass is 10.2. The minimum Gasteiger partial charge on any atom is -0.495 e. The van der Waals surface area contributed by atoms with Crippen LogP contribution >= 0.6 is 0 Å². The predicted molar refractivity (Wildman–Crippen MR) is 95.7 cm³/mol. The zero-order chi connectivity index (χ0) is 17.6. The molecule has 1 saturated heterocycles. The number of hydrogen-bond acceptors (Lipinski definition) is 4. The molecule has 1 aromatic heterocycles. The minimum atomic E-state index is 0.147. The lowest BCUT2D eigenvalue weighted by molar-refractivity contribution is -0.685. The van der Waals surface area contributed by atoms with Gasteiger partial charge in [-0.1, -0.05) is 12.1 Å². The first-order chi connectivity index (χ1) is 12.2. The highest BCUT2D eigenvalue weighted by Crippen LogP contribution is 2.28. The quantitative estimate of drug-likeness (QED) is 0.857. The summed E-state index contributed by atoms with van der Waals surface area (Å²) in [4.78, 5) is 16.7. The van der Waals surface area contributed by atoms with Crippen LogP contribution < -0.4 is 15.0 Å². The summed E-state index contributed by atoms with van der Waals surface area (Å²) in [6.07, 6.45) is 1.67. The van der Waals surface area contributed by atoms with Gasteiger partial charge in [0.1, 0.15) is 11.8 Å². The average molecular weight is 344 g/mol. The fourth-order valence-electron chi connectivity index (χ4n) is 3.16. The zero-order valence-corrected chi connectivity index (χ0v) is 14.9. The molecular weight excluding hydrogens is 318 g/mol. The highest BCUT2D eigenvalue weighted by Gasteiger charge is 2.24. The van der Waals surface area contributed by atoms with Crippen molar-refractivity contribution < 1.29 is 19.3 Å². The molecule has 0 radical (unpaired) electrons. The third-order valence-corrected chi connectivity index (χ3v) is 4.70. The standard InChI is InChI=1S/C19H25N3O3/c1-15(17-8-5-13-25-17)20-14-19(23)22-11-9-21(10-12-22)16-6-3-4-7-18(16)24-2/h3-8,13,15,20H,9-12,14H2,1-2H3/p+1/t15-/m1/s1. The number of quaternary nitrogens is 1. The van der Waals surface area contributed by atoms with Gasteiger partial charge in [0.2, 0.25) is 0 Å². The van der Waals surface area contributed by atoms with E-state index in [4.69, 9.17) is 9.15 Å². The van der Waals surface area contributed by atoms with Crippen LogP contribution in [0.15, 0.2) is 47.1 Å². The molecule has 1 aromatic carbocycles. The first-order valence-corrected chi connectivity index (χ1v) is 8.71. The molecule has 0 bridgehead atoms. The molecule has 0 unspecified atom stereocenters. The highest BCUT2D eigenvalue weighted by atomic mass is 16.5. The second-order valence-electron chi connectivity index (χ2n) is 6.28. The summed E-state index contributed by atoms with van der Waals surface area (Å²) in [6, 6.07) is 12.0. The van der Waals surface area contributed by atoms with E-state index in [0.29, 0.717) is 6.54 Å². The molecule has 3 rings (SSSR count). The molecular formula is C19H26N3O3+. The van der Waals surface area contributed by atoms with Crippen LogP contribution in [-0.2, 0) is 4.79 Å². The maximum Gasteiger partial charge on any atom is 0.277 e. The number of benzene rings is 1. The maximum absolute atomic E-state index is 12.5. The van der Waals surface area contributed by atoms with Crippen molar-refractivity contribution in [2.24, 2.45) is 0 Å². The van der Waals surface area contributed by atoms with Crippen molar-refractivity contribution >= 4 is 11.6 Å². The number of rotatable bonds is 6. The zero-order valence-electron chi connectivity index (χ0n) is 14.9. The smallest absolute Gasteiger partial charge is 0.277 e. The molecule has 0 aliphatic carbocycles. The van der Waals surface area contributed by atoms with E-state index in [1.54, 1.807) is 13.4 Å². The minimum absolute atomic E-state index is 0.147. The molecule has 2 N–H and O–H groups in total. The van der Waals surface area contributed by atoms with Gasteiger partial charge in [0.15, 0.2) is 12.3 Å². The van der Waals surface area contributed by atoms with Crippen molar-refractivity contribution in [1.82, 2.24) is 4.90 Å². The van der Waals surface area contributed by atoms with Gasteiger partial charge in [-0.15, -0.1) is 0 Å². The average Bonchev–Trinajstić information content (AvgIpc) is 3.21. The van der Waals surface area contributed by atoms with Gasteiger partial charge in [-0.2, -0.15) is 0 Å². The van der Waals surface area contributed by atoms with Gasteiger partial charge in [-0.05, 0) is 31.2 Å². The molecule has 134 valence electrons. The second-order valence-corrected chi connectivity index (χ2v) is 6.28. The number of furan rings is 1. The van der Waals surface area contributed by atoms with E-state index in [-0.39, 0.29) is 11.9 Å². The van der Waals surface area contributed by atoms with Gasteiger partial charge in [0.25, 0.3) is 5.91 Å².